The molecule has 0 spiro atoms. The minimum absolute atomic E-state index is 0.226. The van der Waals surface area contributed by atoms with Gasteiger partial charge in [0.1, 0.15) is 5.82 Å². The number of rotatable bonds is 4. The van der Waals surface area contributed by atoms with Gasteiger partial charge in [0.15, 0.2) is 0 Å². The van der Waals surface area contributed by atoms with Gasteiger partial charge in [-0.3, -0.25) is 4.79 Å². The highest BCUT2D eigenvalue weighted by molar-refractivity contribution is 5.95. The zero-order valence-corrected chi connectivity index (χ0v) is 12.4. The molecule has 1 aromatic heterocycles. The molecule has 5 nitrogen and oxygen atoms in total. The van der Waals surface area contributed by atoms with Crippen molar-refractivity contribution in [2.24, 2.45) is 0 Å². The second-order valence-corrected chi connectivity index (χ2v) is 5.03. The second-order valence-electron chi connectivity index (χ2n) is 5.03. The van der Waals surface area contributed by atoms with Gasteiger partial charge in [0.25, 0.3) is 5.91 Å². The Morgan fingerprint density at radius 1 is 1.22 bits per heavy atom. The zero-order chi connectivity index (χ0) is 16.2. The van der Waals surface area contributed by atoms with Crippen LogP contribution in [-0.2, 0) is 6.54 Å². The minimum atomic E-state index is -0.303. The fourth-order valence-corrected chi connectivity index (χ4v) is 2.10. The van der Waals surface area contributed by atoms with Crippen molar-refractivity contribution >= 4 is 5.91 Å². The summed E-state index contributed by atoms with van der Waals surface area (Å²) in [4.78, 5) is 16.4. The summed E-state index contributed by atoms with van der Waals surface area (Å²) in [6, 6.07) is 13.0. The van der Waals surface area contributed by atoms with E-state index in [0.29, 0.717) is 29.4 Å². The Kier molecular flexibility index (Phi) is 4.14. The van der Waals surface area contributed by atoms with Gasteiger partial charge >= 0.3 is 0 Å². The molecule has 0 aliphatic heterocycles. The molecule has 1 heterocycles. The summed E-state index contributed by atoms with van der Waals surface area (Å²) >= 11 is 0. The van der Waals surface area contributed by atoms with Crippen molar-refractivity contribution in [1.29, 1.82) is 0 Å². The number of carbonyl (C=O) groups excluding carboxylic acids is 1. The van der Waals surface area contributed by atoms with E-state index in [-0.39, 0.29) is 11.7 Å². The molecule has 0 saturated carbocycles. The lowest BCUT2D eigenvalue weighted by Gasteiger charge is -2.06. The number of nitrogens with one attached hydrogen (secondary N) is 1. The van der Waals surface area contributed by atoms with Crippen LogP contribution in [0.4, 0.5) is 4.39 Å². The third kappa shape index (κ3) is 3.60. The Labute approximate surface area is 132 Å². The summed E-state index contributed by atoms with van der Waals surface area (Å²) in [6.45, 7) is 2.03. The van der Waals surface area contributed by atoms with Gasteiger partial charge in [-0.05, 0) is 29.8 Å². The van der Waals surface area contributed by atoms with Crippen LogP contribution >= 0.6 is 0 Å². The van der Waals surface area contributed by atoms with Crippen LogP contribution in [-0.4, -0.2) is 16.0 Å². The van der Waals surface area contributed by atoms with Crippen LogP contribution in [0.5, 0.6) is 0 Å². The highest BCUT2D eigenvalue weighted by atomic mass is 19.1. The third-order valence-corrected chi connectivity index (χ3v) is 3.28. The summed E-state index contributed by atoms with van der Waals surface area (Å²) in [5.41, 5.74) is 2.02. The second kappa shape index (κ2) is 6.39. The quantitative estimate of drug-likeness (QED) is 0.804. The van der Waals surface area contributed by atoms with Gasteiger partial charge in [0.05, 0.1) is 0 Å². The Bertz CT molecular complexity index is 828. The van der Waals surface area contributed by atoms with Crippen molar-refractivity contribution in [2.75, 3.05) is 0 Å². The molecule has 0 fully saturated rings. The number of nitrogens with zero attached hydrogens (tertiary/aromatic N) is 2. The van der Waals surface area contributed by atoms with Crippen molar-refractivity contribution < 1.29 is 13.7 Å². The van der Waals surface area contributed by atoms with Gasteiger partial charge in [-0.1, -0.05) is 29.4 Å². The molecule has 0 aliphatic carbocycles. The van der Waals surface area contributed by atoms with Gasteiger partial charge < -0.3 is 9.84 Å². The Balaban J connectivity index is 1.71. The van der Waals surface area contributed by atoms with Crippen molar-refractivity contribution in [1.82, 2.24) is 15.5 Å². The van der Waals surface area contributed by atoms with Gasteiger partial charge in [-0.15, -0.1) is 0 Å². The molecule has 0 atom stereocenters. The molecule has 0 unspecified atom stereocenters. The van der Waals surface area contributed by atoms with E-state index >= 15 is 0 Å². The van der Waals surface area contributed by atoms with Crippen molar-refractivity contribution in [3.05, 3.63) is 71.4 Å². The van der Waals surface area contributed by atoms with Crippen LogP contribution in [0.2, 0.25) is 0 Å². The maximum atomic E-state index is 12.9. The molecule has 3 aromatic rings. The number of carbonyl (C=O) groups is 1. The number of aryl methyl sites for hydroxylation is 1. The Hall–Kier alpha value is -3.02. The summed E-state index contributed by atoms with van der Waals surface area (Å²) in [6.07, 6.45) is 0. The predicted molar refractivity (Wildman–Crippen MR) is 82.0 cm³/mol. The number of hydrogen-bond acceptors (Lipinski definition) is 4. The molecule has 3 rings (SSSR count). The van der Waals surface area contributed by atoms with Crippen LogP contribution in [0.25, 0.3) is 11.4 Å². The normalized spacial score (nSPS) is 10.5. The van der Waals surface area contributed by atoms with Gasteiger partial charge in [0, 0.05) is 24.6 Å². The fraction of sp³-hybridized carbons (Fsp3) is 0.118. The SMILES string of the molecule is Cc1nc(-c2cccc(C(=O)NCc3ccc(F)cc3)c2)no1. The molecule has 0 radical (unpaired) electrons. The topological polar surface area (TPSA) is 68.0 Å². The molecule has 2 aromatic carbocycles. The summed E-state index contributed by atoms with van der Waals surface area (Å²) in [5.74, 6) is 0.376. The van der Waals surface area contributed by atoms with E-state index in [1.165, 1.54) is 12.1 Å². The van der Waals surface area contributed by atoms with Crippen molar-refractivity contribution in [3.8, 4) is 11.4 Å². The average molecular weight is 311 g/mol. The molecule has 0 saturated heterocycles. The van der Waals surface area contributed by atoms with E-state index < -0.39 is 0 Å². The van der Waals surface area contributed by atoms with E-state index in [9.17, 15) is 9.18 Å². The van der Waals surface area contributed by atoms with Crippen molar-refractivity contribution in [2.45, 2.75) is 13.5 Å². The molecule has 23 heavy (non-hydrogen) atoms. The van der Waals surface area contributed by atoms with Crippen LogP contribution in [0.15, 0.2) is 53.1 Å². The van der Waals surface area contributed by atoms with Crippen LogP contribution in [0.3, 0.4) is 0 Å². The summed E-state index contributed by atoms with van der Waals surface area (Å²) < 4.78 is 17.8. The smallest absolute Gasteiger partial charge is 0.251 e. The molecule has 6 heteroatoms. The molecular formula is C17H14FN3O2. The van der Waals surface area contributed by atoms with Gasteiger partial charge in [0.2, 0.25) is 11.7 Å². The highest BCUT2D eigenvalue weighted by Crippen LogP contribution is 2.17. The molecule has 0 aliphatic rings. The standard InChI is InChI=1S/C17H14FN3O2/c1-11-20-16(21-23-11)13-3-2-4-14(9-13)17(22)19-10-12-5-7-15(18)8-6-12/h2-9H,10H2,1H3,(H,19,22). The monoisotopic (exact) mass is 311 g/mol. The first-order valence-corrected chi connectivity index (χ1v) is 7.05. The lowest BCUT2D eigenvalue weighted by Crippen LogP contribution is -2.22. The number of benzene rings is 2. The van der Waals surface area contributed by atoms with E-state index in [1.54, 1.807) is 43.3 Å². The van der Waals surface area contributed by atoms with Crippen LogP contribution in [0.1, 0.15) is 21.8 Å². The van der Waals surface area contributed by atoms with E-state index in [2.05, 4.69) is 15.5 Å². The Morgan fingerprint density at radius 2 is 2.00 bits per heavy atom. The number of aromatic nitrogens is 2. The van der Waals surface area contributed by atoms with Crippen LogP contribution in [0, 0.1) is 12.7 Å². The lowest BCUT2D eigenvalue weighted by molar-refractivity contribution is 0.0951. The lowest BCUT2D eigenvalue weighted by atomic mass is 10.1. The molecule has 116 valence electrons. The van der Waals surface area contributed by atoms with E-state index in [4.69, 9.17) is 4.52 Å². The number of halogens is 1. The van der Waals surface area contributed by atoms with E-state index in [0.717, 1.165) is 5.56 Å². The number of amides is 1. The predicted octanol–water partition coefficient (Wildman–Crippen LogP) is 3.11. The third-order valence-electron chi connectivity index (χ3n) is 3.28. The molecule has 1 amide bonds. The maximum Gasteiger partial charge on any atom is 0.251 e. The molecule has 0 bridgehead atoms. The summed E-state index contributed by atoms with van der Waals surface area (Å²) in [7, 11) is 0. The van der Waals surface area contributed by atoms with Gasteiger partial charge in [-0.25, -0.2) is 4.39 Å². The average Bonchev–Trinajstić information content (AvgIpc) is 3.01. The van der Waals surface area contributed by atoms with Gasteiger partial charge in [-0.2, -0.15) is 4.98 Å². The zero-order valence-electron chi connectivity index (χ0n) is 12.4. The molecular weight excluding hydrogens is 297 g/mol. The first-order chi connectivity index (χ1) is 11.1. The van der Waals surface area contributed by atoms with E-state index in [1.807, 2.05) is 0 Å². The first kappa shape index (κ1) is 14.9. The summed E-state index contributed by atoms with van der Waals surface area (Å²) in [5, 5.41) is 6.63. The maximum absolute atomic E-state index is 12.9. The first-order valence-electron chi connectivity index (χ1n) is 7.05. The highest BCUT2D eigenvalue weighted by Gasteiger charge is 2.10. The number of hydrogen-bond donors (Lipinski definition) is 1. The van der Waals surface area contributed by atoms with Crippen LogP contribution < -0.4 is 5.32 Å². The Morgan fingerprint density at radius 3 is 2.70 bits per heavy atom. The van der Waals surface area contributed by atoms with Crippen molar-refractivity contribution in [3.63, 3.8) is 0 Å². The fourth-order valence-electron chi connectivity index (χ4n) is 2.10. The molecule has 1 N–H and O–H groups in total. The minimum Gasteiger partial charge on any atom is -0.348 e. The largest absolute Gasteiger partial charge is 0.348 e.